The second kappa shape index (κ2) is 11.1. The topological polar surface area (TPSA) is 32.3 Å². The van der Waals surface area contributed by atoms with Gasteiger partial charge < -0.3 is 10.2 Å². The third-order valence-electron chi connectivity index (χ3n) is 4.28. The molecule has 3 heteroatoms. The molecule has 1 fully saturated rings. The molecule has 0 aliphatic carbocycles. The average molecular weight is 282 g/mol. The zero-order chi connectivity index (χ0) is 14.6. The van der Waals surface area contributed by atoms with E-state index >= 15 is 0 Å². The first-order valence-corrected chi connectivity index (χ1v) is 8.75. The van der Waals surface area contributed by atoms with Gasteiger partial charge >= 0.3 is 0 Å². The molecule has 0 saturated carbocycles. The molecule has 1 saturated heterocycles. The molecular formula is C17H34N2O. The predicted molar refractivity (Wildman–Crippen MR) is 85.9 cm³/mol. The molecule has 0 aromatic heterocycles. The number of likely N-dealkylation sites (tertiary alicyclic amines) is 1. The van der Waals surface area contributed by atoms with E-state index in [9.17, 15) is 4.79 Å². The van der Waals surface area contributed by atoms with E-state index in [0.717, 1.165) is 19.6 Å². The molecule has 1 N–H and O–H groups in total. The molecule has 1 aliphatic rings. The molecule has 3 nitrogen and oxygen atoms in total. The van der Waals surface area contributed by atoms with Crippen LogP contribution >= 0.6 is 0 Å². The van der Waals surface area contributed by atoms with Gasteiger partial charge in [-0.25, -0.2) is 0 Å². The highest BCUT2D eigenvalue weighted by molar-refractivity contribution is 5.76. The van der Waals surface area contributed by atoms with E-state index < -0.39 is 0 Å². The van der Waals surface area contributed by atoms with Gasteiger partial charge in [0.1, 0.15) is 0 Å². The van der Waals surface area contributed by atoms with E-state index in [2.05, 4.69) is 19.2 Å². The van der Waals surface area contributed by atoms with Crippen LogP contribution in [0.25, 0.3) is 0 Å². The summed E-state index contributed by atoms with van der Waals surface area (Å²) < 4.78 is 0. The Morgan fingerprint density at radius 1 is 1.10 bits per heavy atom. The van der Waals surface area contributed by atoms with Crippen LogP contribution < -0.4 is 5.32 Å². The lowest BCUT2D eigenvalue weighted by atomic mass is 10.1. The molecule has 1 atom stereocenters. The van der Waals surface area contributed by atoms with Crippen molar-refractivity contribution in [3.05, 3.63) is 0 Å². The first kappa shape index (κ1) is 17.5. The molecule has 1 rings (SSSR count). The molecule has 0 radical (unpaired) electrons. The van der Waals surface area contributed by atoms with Gasteiger partial charge in [0.05, 0.1) is 0 Å². The maximum atomic E-state index is 12.0. The molecule has 0 spiro atoms. The van der Waals surface area contributed by atoms with Gasteiger partial charge in [-0.15, -0.1) is 0 Å². The van der Waals surface area contributed by atoms with Crippen molar-refractivity contribution in [3.8, 4) is 0 Å². The summed E-state index contributed by atoms with van der Waals surface area (Å²) in [5.41, 5.74) is 0. The van der Waals surface area contributed by atoms with Crippen molar-refractivity contribution >= 4 is 5.91 Å². The summed E-state index contributed by atoms with van der Waals surface area (Å²) in [7, 11) is 0. The molecule has 1 aliphatic heterocycles. The summed E-state index contributed by atoms with van der Waals surface area (Å²) in [5, 5.41) is 3.50. The third-order valence-corrected chi connectivity index (χ3v) is 4.28. The Morgan fingerprint density at radius 3 is 2.50 bits per heavy atom. The predicted octanol–water partition coefficient (Wildman–Crippen LogP) is 3.73. The fourth-order valence-electron chi connectivity index (χ4n) is 2.88. The number of nitrogens with zero attached hydrogens (tertiary/aromatic N) is 1. The Balaban J connectivity index is 1.97. The highest BCUT2D eigenvalue weighted by atomic mass is 16.2. The number of unbranched alkanes of at least 4 members (excludes halogenated alkanes) is 4. The number of hydrogen-bond acceptors (Lipinski definition) is 2. The zero-order valence-corrected chi connectivity index (χ0v) is 13.6. The summed E-state index contributed by atoms with van der Waals surface area (Å²) in [6, 6.07) is 0.547. The number of amides is 1. The second-order valence-corrected chi connectivity index (χ2v) is 6.25. The van der Waals surface area contributed by atoms with Crippen molar-refractivity contribution in [1.29, 1.82) is 0 Å². The number of carbonyl (C=O) groups excluding carboxylic acids is 1. The minimum atomic E-state index is 0.340. The van der Waals surface area contributed by atoms with Crippen molar-refractivity contribution in [1.82, 2.24) is 10.2 Å². The molecule has 1 amide bonds. The van der Waals surface area contributed by atoms with Gasteiger partial charge in [0.15, 0.2) is 0 Å². The van der Waals surface area contributed by atoms with Crippen LogP contribution in [0.4, 0.5) is 0 Å². The van der Waals surface area contributed by atoms with E-state index in [1.54, 1.807) is 0 Å². The van der Waals surface area contributed by atoms with Crippen LogP contribution in [0.2, 0.25) is 0 Å². The quantitative estimate of drug-likeness (QED) is 0.619. The van der Waals surface area contributed by atoms with Crippen molar-refractivity contribution in [2.45, 2.75) is 84.1 Å². The summed E-state index contributed by atoms with van der Waals surface area (Å²) in [5.74, 6) is 0.340. The minimum absolute atomic E-state index is 0.340. The zero-order valence-electron chi connectivity index (χ0n) is 13.6. The number of rotatable bonds is 10. The minimum Gasteiger partial charge on any atom is -0.343 e. The lowest BCUT2D eigenvalue weighted by Crippen LogP contribution is -2.38. The van der Waals surface area contributed by atoms with Gasteiger partial charge in [-0.1, -0.05) is 39.0 Å². The first-order chi connectivity index (χ1) is 9.74. The lowest BCUT2D eigenvalue weighted by molar-refractivity contribution is -0.131. The monoisotopic (exact) mass is 282 g/mol. The van der Waals surface area contributed by atoms with E-state index in [-0.39, 0.29) is 0 Å². The SMILES string of the molecule is CCCCCCCC(C)NCCC(=O)N1CCCCC1. The molecule has 118 valence electrons. The van der Waals surface area contributed by atoms with Crippen LogP contribution in [0, 0.1) is 0 Å². The van der Waals surface area contributed by atoms with E-state index in [4.69, 9.17) is 0 Å². The van der Waals surface area contributed by atoms with Gasteiger partial charge in [-0.2, -0.15) is 0 Å². The van der Waals surface area contributed by atoms with Crippen LogP contribution in [-0.4, -0.2) is 36.5 Å². The van der Waals surface area contributed by atoms with Crippen LogP contribution in [-0.2, 0) is 4.79 Å². The Kier molecular flexibility index (Phi) is 9.73. The third kappa shape index (κ3) is 7.88. The van der Waals surface area contributed by atoms with Gasteiger partial charge in [-0.05, 0) is 32.6 Å². The summed E-state index contributed by atoms with van der Waals surface area (Å²) in [4.78, 5) is 14.0. The fourth-order valence-corrected chi connectivity index (χ4v) is 2.88. The molecule has 1 unspecified atom stereocenters. The number of piperidine rings is 1. The van der Waals surface area contributed by atoms with Gasteiger partial charge in [0.25, 0.3) is 0 Å². The maximum Gasteiger partial charge on any atom is 0.223 e. The largest absolute Gasteiger partial charge is 0.343 e. The average Bonchev–Trinajstić information content (AvgIpc) is 2.48. The molecule has 20 heavy (non-hydrogen) atoms. The highest BCUT2D eigenvalue weighted by Crippen LogP contribution is 2.10. The maximum absolute atomic E-state index is 12.0. The van der Waals surface area contributed by atoms with Gasteiger partial charge in [0.2, 0.25) is 5.91 Å². The molecular weight excluding hydrogens is 248 g/mol. The van der Waals surface area contributed by atoms with Crippen LogP contribution in [0.1, 0.15) is 78.1 Å². The Bertz CT molecular complexity index is 249. The Labute approximate surface area is 125 Å². The van der Waals surface area contributed by atoms with Crippen molar-refractivity contribution in [2.75, 3.05) is 19.6 Å². The lowest BCUT2D eigenvalue weighted by Gasteiger charge is -2.27. The summed E-state index contributed by atoms with van der Waals surface area (Å²) in [6.45, 7) is 7.29. The first-order valence-electron chi connectivity index (χ1n) is 8.75. The van der Waals surface area contributed by atoms with Crippen molar-refractivity contribution < 1.29 is 4.79 Å². The molecule has 1 heterocycles. The Hall–Kier alpha value is -0.570. The smallest absolute Gasteiger partial charge is 0.223 e. The molecule has 0 aromatic carbocycles. The number of nitrogens with one attached hydrogen (secondary N) is 1. The van der Waals surface area contributed by atoms with Gasteiger partial charge in [-0.3, -0.25) is 4.79 Å². The van der Waals surface area contributed by atoms with Crippen LogP contribution in [0.3, 0.4) is 0 Å². The molecule has 0 aromatic rings. The highest BCUT2D eigenvalue weighted by Gasteiger charge is 2.15. The van der Waals surface area contributed by atoms with Crippen LogP contribution in [0.15, 0.2) is 0 Å². The van der Waals surface area contributed by atoms with Crippen molar-refractivity contribution in [2.24, 2.45) is 0 Å². The fraction of sp³-hybridized carbons (Fsp3) is 0.941. The van der Waals surface area contributed by atoms with Crippen molar-refractivity contribution in [3.63, 3.8) is 0 Å². The van der Waals surface area contributed by atoms with Gasteiger partial charge in [0, 0.05) is 32.1 Å². The Morgan fingerprint density at radius 2 is 1.80 bits per heavy atom. The van der Waals surface area contributed by atoms with E-state index in [1.807, 2.05) is 4.90 Å². The van der Waals surface area contributed by atoms with E-state index in [0.29, 0.717) is 18.4 Å². The van der Waals surface area contributed by atoms with Crippen LogP contribution in [0.5, 0.6) is 0 Å². The standard InChI is InChI=1S/C17H34N2O/c1-3-4-5-6-8-11-16(2)18-13-12-17(20)19-14-9-7-10-15-19/h16,18H,3-15H2,1-2H3. The number of carbonyl (C=O) groups is 1. The summed E-state index contributed by atoms with van der Waals surface area (Å²) in [6.07, 6.45) is 12.3. The second-order valence-electron chi connectivity index (χ2n) is 6.25. The summed E-state index contributed by atoms with van der Waals surface area (Å²) >= 11 is 0. The molecule has 0 bridgehead atoms. The normalized spacial score (nSPS) is 17.2. The van der Waals surface area contributed by atoms with E-state index in [1.165, 1.54) is 57.8 Å². The number of hydrogen-bond donors (Lipinski definition) is 1.